The predicted molar refractivity (Wildman–Crippen MR) is 240 cm³/mol. The zero-order valence-electron chi connectivity index (χ0n) is 30.8. The number of hydrogen-bond acceptors (Lipinski definition) is 4. The van der Waals surface area contributed by atoms with Gasteiger partial charge in [-0.05, 0) is 40.5 Å². The molecule has 57 heavy (non-hydrogen) atoms. The number of pyridine rings is 1. The molecule has 0 fully saturated rings. The second-order valence-electron chi connectivity index (χ2n) is 14.3. The van der Waals surface area contributed by atoms with E-state index in [0.29, 0.717) is 0 Å². The van der Waals surface area contributed by atoms with Crippen LogP contribution in [-0.4, -0.2) is 15.0 Å². The van der Waals surface area contributed by atoms with Gasteiger partial charge in [0, 0.05) is 58.6 Å². The zero-order chi connectivity index (χ0) is 37.7. The fraction of sp³-hybridized carbons (Fsp3) is 0. The van der Waals surface area contributed by atoms with Crippen LogP contribution >= 0.6 is 11.3 Å². The number of hydrogen-bond donors (Lipinski definition) is 0. The van der Waals surface area contributed by atoms with Crippen LogP contribution in [0.25, 0.3) is 109 Å². The van der Waals surface area contributed by atoms with Crippen molar-refractivity contribution in [2.75, 3.05) is 0 Å². The minimum atomic E-state index is 0.718. The Balaban J connectivity index is 0.963. The summed E-state index contributed by atoms with van der Waals surface area (Å²) in [6, 6.07) is 70.7. The Morgan fingerprint density at radius 2 is 0.877 bits per heavy atom. The highest BCUT2D eigenvalue weighted by Gasteiger charge is 2.18. The van der Waals surface area contributed by atoms with Crippen LogP contribution < -0.4 is 0 Å². The summed E-state index contributed by atoms with van der Waals surface area (Å²) in [5, 5.41) is 6.22. The predicted octanol–water partition coefficient (Wildman–Crippen LogP) is 14.5. The summed E-state index contributed by atoms with van der Waals surface area (Å²) >= 11 is 1.88. The fourth-order valence-corrected chi connectivity index (χ4v) is 9.36. The number of thiophene rings is 1. The molecule has 11 rings (SSSR count). The molecule has 0 radical (unpaired) electrons. The molecule has 3 heterocycles. The molecule has 4 heteroatoms. The molecule has 0 aliphatic rings. The maximum atomic E-state index is 5.19. The maximum absolute atomic E-state index is 5.19. The van der Waals surface area contributed by atoms with Crippen LogP contribution in [0.1, 0.15) is 0 Å². The SMILES string of the molecule is c1ccc(-c2cc(-c3ccc(-c4ccc(-c5cccc6c5sc5ccc7c(-c8ccccc8)nc8ccccc8c7c56)cc4)cc3)nc(-c3ccccc3)n2)cc1. The van der Waals surface area contributed by atoms with Crippen molar-refractivity contribution in [3.8, 4) is 67.4 Å². The van der Waals surface area contributed by atoms with E-state index in [1.807, 2.05) is 47.7 Å². The lowest BCUT2D eigenvalue weighted by Gasteiger charge is -2.12. The molecule has 0 unspecified atom stereocenters. The van der Waals surface area contributed by atoms with E-state index in [1.165, 1.54) is 53.0 Å². The normalized spacial score (nSPS) is 11.5. The van der Waals surface area contributed by atoms with Crippen molar-refractivity contribution >= 4 is 53.2 Å². The van der Waals surface area contributed by atoms with Gasteiger partial charge < -0.3 is 0 Å². The minimum absolute atomic E-state index is 0.718. The molecular formula is C53H33N3S. The first kappa shape index (κ1) is 33.1. The number of benzene rings is 8. The number of rotatable bonds is 6. The van der Waals surface area contributed by atoms with Gasteiger partial charge in [-0.15, -0.1) is 11.3 Å². The highest BCUT2D eigenvalue weighted by Crippen LogP contribution is 2.46. The molecule has 0 amide bonds. The monoisotopic (exact) mass is 743 g/mol. The number of nitrogens with zero attached hydrogens (tertiary/aromatic N) is 3. The number of para-hydroxylation sites is 1. The second kappa shape index (κ2) is 13.8. The maximum Gasteiger partial charge on any atom is 0.160 e. The largest absolute Gasteiger partial charge is 0.247 e. The van der Waals surface area contributed by atoms with Gasteiger partial charge in [-0.3, -0.25) is 0 Å². The average Bonchev–Trinajstić information content (AvgIpc) is 3.69. The molecule has 0 aliphatic carbocycles. The molecule has 0 bridgehead atoms. The van der Waals surface area contributed by atoms with Crippen molar-refractivity contribution in [3.05, 3.63) is 200 Å². The minimum Gasteiger partial charge on any atom is -0.247 e. The smallest absolute Gasteiger partial charge is 0.160 e. The van der Waals surface area contributed by atoms with Gasteiger partial charge in [-0.25, -0.2) is 15.0 Å². The Hall–Kier alpha value is -7.27. The van der Waals surface area contributed by atoms with E-state index >= 15 is 0 Å². The van der Waals surface area contributed by atoms with E-state index in [4.69, 9.17) is 15.0 Å². The molecule has 0 N–H and O–H groups in total. The van der Waals surface area contributed by atoms with Gasteiger partial charge in [-0.2, -0.15) is 0 Å². The molecular weight excluding hydrogens is 711 g/mol. The molecule has 3 aromatic heterocycles. The third-order valence-electron chi connectivity index (χ3n) is 10.9. The first-order valence-electron chi connectivity index (χ1n) is 19.2. The summed E-state index contributed by atoms with van der Waals surface area (Å²) < 4.78 is 2.58. The molecule has 0 spiro atoms. The van der Waals surface area contributed by atoms with Crippen LogP contribution in [0, 0.1) is 0 Å². The van der Waals surface area contributed by atoms with Crippen molar-refractivity contribution in [1.29, 1.82) is 0 Å². The standard InChI is InChI=1S/C53H33N3S/c1-4-13-37(14-5-1)46-33-47(56-53(55-46)40-17-8-3-9-18-40)38-29-25-35(26-30-38)34-23-27-36(28-24-34)41-20-12-21-44-50-48(57-52(41)44)32-31-43-49(50)42-19-10-11-22-45(42)54-51(43)39-15-6-2-7-16-39/h1-33H. The van der Waals surface area contributed by atoms with Gasteiger partial charge in [0.15, 0.2) is 5.82 Å². The van der Waals surface area contributed by atoms with Gasteiger partial charge in [0.25, 0.3) is 0 Å². The first-order chi connectivity index (χ1) is 28.2. The molecule has 11 aromatic rings. The Morgan fingerprint density at radius 1 is 0.333 bits per heavy atom. The molecule has 0 aliphatic heterocycles. The topological polar surface area (TPSA) is 38.7 Å². The third kappa shape index (κ3) is 5.86. The summed E-state index contributed by atoms with van der Waals surface area (Å²) in [7, 11) is 0. The zero-order valence-corrected chi connectivity index (χ0v) is 31.6. The lowest BCUT2D eigenvalue weighted by atomic mass is 9.95. The summed E-state index contributed by atoms with van der Waals surface area (Å²) in [6.45, 7) is 0. The van der Waals surface area contributed by atoms with Crippen LogP contribution in [0.4, 0.5) is 0 Å². The summed E-state index contributed by atoms with van der Waals surface area (Å²) in [5.41, 5.74) is 12.9. The first-order valence-corrected chi connectivity index (χ1v) is 20.0. The van der Waals surface area contributed by atoms with Crippen molar-refractivity contribution in [2.45, 2.75) is 0 Å². The molecule has 0 atom stereocenters. The lowest BCUT2D eigenvalue weighted by Crippen LogP contribution is -1.95. The van der Waals surface area contributed by atoms with Crippen LogP contribution in [0.3, 0.4) is 0 Å². The van der Waals surface area contributed by atoms with E-state index in [2.05, 4.69) is 164 Å². The molecule has 8 aromatic carbocycles. The Labute approximate surface area is 334 Å². The summed E-state index contributed by atoms with van der Waals surface area (Å²) in [5.74, 6) is 0.718. The molecule has 0 saturated heterocycles. The van der Waals surface area contributed by atoms with Gasteiger partial charge >= 0.3 is 0 Å². The molecule has 0 saturated carbocycles. The van der Waals surface area contributed by atoms with Crippen molar-refractivity contribution in [1.82, 2.24) is 15.0 Å². The fourth-order valence-electron chi connectivity index (χ4n) is 8.12. The quantitative estimate of drug-likeness (QED) is 0.159. The number of fused-ring (bicyclic) bond motifs is 7. The Kier molecular flexibility index (Phi) is 8.01. The highest BCUT2D eigenvalue weighted by atomic mass is 32.1. The Bertz CT molecular complexity index is 3190. The van der Waals surface area contributed by atoms with Crippen LogP contribution in [-0.2, 0) is 0 Å². The van der Waals surface area contributed by atoms with E-state index < -0.39 is 0 Å². The molecule has 266 valence electrons. The average molecular weight is 744 g/mol. The van der Waals surface area contributed by atoms with Crippen molar-refractivity contribution in [3.63, 3.8) is 0 Å². The van der Waals surface area contributed by atoms with Crippen molar-refractivity contribution < 1.29 is 0 Å². The summed E-state index contributed by atoms with van der Waals surface area (Å²) in [6.07, 6.45) is 0. The Morgan fingerprint density at radius 3 is 1.56 bits per heavy atom. The van der Waals surface area contributed by atoms with Gasteiger partial charge in [0.05, 0.1) is 22.6 Å². The van der Waals surface area contributed by atoms with Crippen LogP contribution in [0.2, 0.25) is 0 Å². The van der Waals surface area contributed by atoms with Gasteiger partial charge in [0.1, 0.15) is 0 Å². The number of aromatic nitrogens is 3. The summed E-state index contributed by atoms with van der Waals surface area (Å²) in [4.78, 5) is 15.2. The van der Waals surface area contributed by atoms with Crippen molar-refractivity contribution in [2.24, 2.45) is 0 Å². The van der Waals surface area contributed by atoms with Gasteiger partial charge in [-0.1, -0.05) is 182 Å². The van der Waals surface area contributed by atoms with E-state index in [9.17, 15) is 0 Å². The highest BCUT2D eigenvalue weighted by molar-refractivity contribution is 7.26. The van der Waals surface area contributed by atoms with Crippen LogP contribution in [0.5, 0.6) is 0 Å². The molecule has 3 nitrogen and oxygen atoms in total. The third-order valence-corrected chi connectivity index (χ3v) is 12.1. The van der Waals surface area contributed by atoms with Crippen LogP contribution in [0.15, 0.2) is 200 Å². The van der Waals surface area contributed by atoms with E-state index in [-0.39, 0.29) is 0 Å². The van der Waals surface area contributed by atoms with E-state index in [1.54, 1.807) is 0 Å². The second-order valence-corrected chi connectivity index (χ2v) is 15.4. The van der Waals surface area contributed by atoms with E-state index in [0.717, 1.165) is 56.2 Å². The lowest BCUT2D eigenvalue weighted by molar-refractivity contribution is 1.18. The van der Waals surface area contributed by atoms with Gasteiger partial charge in [0.2, 0.25) is 0 Å².